The van der Waals surface area contributed by atoms with Gasteiger partial charge in [0.1, 0.15) is 5.69 Å². The third-order valence-corrected chi connectivity index (χ3v) is 3.06. The van der Waals surface area contributed by atoms with Gasteiger partial charge in [0.2, 0.25) is 0 Å². The van der Waals surface area contributed by atoms with Gasteiger partial charge >= 0.3 is 0 Å². The molecular weight excluding hydrogens is 302 g/mol. The predicted molar refractivity (Wildman–Crippen MR) is 83.7 cm³/mol. The van der Waals surface area contributed by atoms with E-state index < -0.39 is 10.8 Å². The second-order valence-electron chi connectivity index (χ2n) is 4.39. The average Bonchev–Trinajstić information content (AvgIpc) is 2.58. The molecule has 0 fully saturated rings. The lowest BCUT2D eigenvalue weighted by Gasteiger charge is -2.13. The molecule has 0 atom stereocenters. The van der Waals surface area contributed by atoms with Gasteiger partial charge in [-0.25, -0.2) is 0 Å². The first-order chi connectivity index (χ1) is 11.1. The molecule has 0 aliphatic heterocycles. The third-order valence-electron chi connectivity index (χ3n) is 3.06. The largest absolute Gasteiger partial charge is 0.493 e. The number of hydrogen-bond acceptors (Lipinski definition) is 6. The number of carbonyl (C=O) groups is 1. The Kier molecular flexibility index (Phi) is 4.98. The molecule has 0 heterocycles. The Morgan fingerprint density at radius 2 is 1.83 bits per heavy atom. The van der Waals surface area contributed by atoms with E-state index in [1.807, 2.05) is 0 Å². The number of para-hydroxylation sites is 3. The minimum absolute atomic E-state index is 0.148. The number of rotatable bonds is 6. The fourth-order valence-electron chi connectivity index (χ4n) is 2.00. The lowest BCUT2D eigenvalue weighted by molar-refractivity contribution is -0.384. The first-order valence-electron chi connectivity index (χ1n) is 6.59. The summed E-state index contributed by atoms with van der Waals surface area (Å²) in [6, 6.07) is 10.8. The highest BCUT2D eigenvalue weighted by Gasteiger charge is 2.18. The van der Waals surface area contributed by atoms with E-state index in [0.29, 0.717) is 5.75 Å². The van der Waals surface area contributed by atoms with E-state index in [0.717, 1.165) is 0 Å². The molecule has 8 nitrogen and oxygen atoms in total. The highest BCUT2D eigenvalue weighted by molar-refractivity contribution is 5.98. The fraction of sp³-hybridized carbons (Fsp3) is 0.133. The van der Waals surface area contributed by atoms with Gasteiger partial charge in [0.15, 0.2) is 11.5 Å². The van der Waals surface area contributed by atoms with E-state index >= 15 is 0 Å². The molecule has 0 spiro atoms. The maximum atomic E-state index is 12.3. The molecule has 0 aliphatic rings. The van der Waals surface area contributed by atoms with E-state index in [1.54, 1.807) is 24.3 Å². The molecule has 8 heteroatoms. The molecule has 2 rings (SSSR count). The van der Waals surface area contributed by atoms with Crippen LogP contribution in [0.15, 0.2) is 42.5 Å². The Hall–Kier alpha value is -3.29. The van der Waals surface area contributed by atoms with Crippen molar-refractivity contribution in [1.29, 1.82) is 0 Å². The van der Waals surface area contributed by atoms with Crippen LogP contribution in [0.2, 0.25) is 0 Å². The molecule has 0 aromatic heterocycles. The van der Waals surface area contributed by atoms with Crippen molar-refractivity contribution in [3.8, 4) is 11.5 Å². The van der Waals surface area contributed by atoms with Crippen molar-refractivity contribution in [1.82, 2.24) is 5.43 Å². The molecular formula is C15H15N3O5. The van der Waals surface area contributed by atoms with Crippen LogP contribution < -0.4 is 20.3 Å². The third kappa shape index (κ3) is 3.49. The van der Waals surface area contributed by atoms with E-state index in [2.05, 4.69) is 10.9 Å². The van der Waals surface area contributed by atoms with Crippen LogP contribution in [0.25, 0.3) is 0 Å². The van der Waals surface area contributed by atoms with Crippen molar-refractivity contribution in [3.63, 3.8) is 0 Å². The summed E-state index contributed by atoms with van der Waals surface area (Å²) in [6.45, 7) is 0. The van der Waals surface area contributed by atoms with Gasteiger partial charge in [-0.1, -0.05) is 18.2 Å². The van der Waals surface area contributed by atoms with Crippen molar-refractivity contribution in [3.05, 3.63) is 58.1 Å². The summed E-state index contributed by atoms with van der Waals surface area (Å²) in [5.41, 5.74) is 5.21. The van der Waals surface area contributed by atoms with E-state index in [1.165, 1.54) is 32.4 Å². The smallest absolute Gasteiger partial charge is 0.294 e. The standard InChI is InChI=1S/C15H15N3O5/c1-22-13-9-5-6-10(14(13)23-2)15(19)17-16-11-7-3-4-8-12(11)18(20)21/h3-9,16H,1-2H3,(H,17,19). The van der Waals surface area contributed by atoms with Crippen LogP contribution in [0.4, 0.5) is 11.4 Å². The number of nitro groups is 1. The second-order valence-corrected chi connectivity index (χ2v) is 4.39. The minimum Gasteiger partial charge on any atom is -0.493 e. The summed E-state index contributed by atoms with van der Waals surface area (Å²) in [5, 5.41) is 10.9. The lowest BCUT2D eigenvalue weighted by atomic mass is 10.1. The SMILES string of the molecule is COc1cccc(C(=O)NNc2ccccc2[N+](=O)[O-])c1OC. The summed E-state index contributed by atoms with van der Waals surface area (Å²) < 4.78 is 10.3. The Bertz CT molecular complexity index is 733. The Morgan fingerprint density at radius 3 is 2.48 bits per heavy atom. The molecule has 2 aromatic carbocycles. The van der Waals surface area contributed by atoms with Crippen LogP contribution >= 0.6 is 0 Å². The van der Waals surface area contributed by atoms with Gasteiger partial charge in [-0.2, -0.15) is 0 Å². The zero-order valence-electron chi connectivity index (χ0n) is 12.5. The maximum Gasteiger partial charge on any atom is 0.294 e. The predicted octanol–water partition coefficient (Wildman–Crippen LogP) is 2.37. The highest BCUT2D eigenvalue weighted by atomic mass is 16.6. The summed E-state index contributed by atoms with van der Waals surface area (Å²) in [4.78, 5) is 22.7. The fourth-order valence-corrected chi connectivity index (χ4v) is 2.00. The molecule has 0 radical (unpaired) electrons. The van der Waals surface area contributed by atoms with Gasteiger partial charge in [-0.15, -0.1) is 0 Å². The van der Waals surface area contributed by atoms with Crippen LogP contribution in [-0.2, 0) is 0 Å². The van der Waals surface area contributed by atoms with Crippen molar-refractivity contribution in [2.24, 2.45) is 0 Å². The van der Waals surface area contributed by atoms with Gasteiger partial charge in [-0.3, -0.25) is 25.8 Å². The molecule has 1 amide bonds. The molecule has 0 bridgehead atoms. The minimum atomic E-state index is -0.541. The van der Waals surface area contributed by atoms with Crippen molar-refractivity contribution >= 4 is 17.3 Å². The topological polar surface area (TPSA) is 103 Å². The molecule has 0 saturated heterocycles. The number of methoxy groups -OCH3 is 2. The maximum absolute atomic E-state index is 12.3. The monoisotopic (exact) mass is 317 g/mol. The van der Waals surface area contributed by atoms with Gasteiger partial charge in [-0.05, 0) is 18.2 Å². The zero-order chi connectivity index (χ0) is 16.8. The molecule has 120 valence electrons. The van der Waals surface area contributed by atoms with Gasteiger partial charge in [0, 0.05) is 6.07 Å². The molecule has 0 saturated carbocycles. The van der Waals surface area contributed by atoms with Crippen LogP contribution in [-0.4, -0.2) is 25.1 Å². The number of hydrogen-bond donors (Lipinski definition) is 2. The van der Waals surface area contributed by atoms with Crippen molar-refractivity contribution < 1.29 is 19.2 Å². The molecule has 0 unspecified atom stereocenters. The quantitative estimate of drug-likeness (QED) is 0.626. The molecule has 2 aromatic rings. The number of nitrogens with one attached hydrogen (secondary N) is 2. The number of anilines is 1. The number of ether oxygens (including phenoxy) is 2. The summed E-state index contributed by atoms with van der Waals surface area (Å²) in [6.07, 6.45) is 0. The van der Waals surface area contributed by atoms with Gasteiger partial charge < -0.3 is 9.47 Å². The number of benzene rings is 2. The summed E-state index contributed by atoms with van der Waals surface area (Å²) in [5.74, 6) is 0.168. The van der Waals surface area contributed by atoms with Crippen molar-refractivity contribution in [2.45, 2.75) is 0 Å². The molecule has 23 heavy (non-hydrogen) atoms. The van der Waals surface area contributed by atoms with E-state index in [9.17, 15) is 14.9 Å². The number of nitro benzene ring substituents is 1. The number of carbonyl (C=O) groups excluding carboxylic acids is 1. The molecule has 0 aliphatic carbocycles. The Morgan fingerprint density at radius 1 is 1.09 bits per heavy atom. The van der Waals surface area contributed by atoms with E-state index in [4.69, 9.17) is 9.47 Å². The summed E-state index contributed by atoms with van der Waals surface area (Å²) in [7, 11) is 2.88. The first-order valence-corrected chi connectivity index (χ1v) is 6.59. The van der Waals surface area contributed by atoms with Crippen LogP contribution in [0.1, 0.15) is 10.4 Å². The number of nitrogens with zero attached hydrogens (tertiary/aromatic N) is 1. The van der Waals surface area contributed by atoms with Crippen LogP contribution in [0.3, 0.4) is 0 Å². The van der Waals surface area contributed by atoms with Crippen LogP contribution in [0, 0.1) is 10.1 Å². The zero-order valence-corrected chi connectivity index (χ0v) is 12.5. The van der Waals surface area contributed by atoms with Crippen molar-refractivity contribution in [2.75, 3.05) is 19.6 Å². The van der Waals surface area contributed by atoms with Gasteiger partial charge in [0.25, 0.3) is 11.6 Å². The second kappa shape index (κ2) is 7.12. The average molecular weight is 317 g/mol. The molecule has 2 N–H and O–H groups in total. The normalized spacial score (nSPS) is 9.83. The number of amides is 1. The van der Waals surface area contributed by atoms with E-state index in [-0.39, 0.29) is 22.7 Å². The van der Waals surface area contributed by atoms with Gasteiger partial charge in [0.05, 0.1) is 24.7 Å². The lowest BCUT2D eigenvalue weighted by Crippen LogP contribution is -2.30. The highest BCUT2D eigenvalue weighted by Crippen LogP contribution is 2.30. The summed E-state index contributed by atoms with van der Waals surface area (Å²) >= 11 is 0. The number of hydrazine groups is 1. The Balaban J connectivity index is 2.20. The Labute approximate surface area is 132 Å². The van der Waals surface area contributed by atoms with Crippen LogP contribution in [0.5, 0.6) is 11.5 Å². The first kappa shape index (κ1) is 16.1.